The molecule has 1 saturated heterocycles. The molecular formula is C29H29F2NO4. The highest BCUT2D eigenvalue weighted by Crippen LogP contribution is 2.52. The Bertz CT molecular complexity index is 1200. The van der Waals surface area contributed by atoms with Crippen LogP contribution in [0.1, 0.15) is 49.8 Å². The van der Waals surface area contributed by atoms with Gasteiger partial charge in [-0.05, 0) is 61.4 Å². The first-order chi connectivity index (χ1) is 17.3. The van der Waals surface area contributed by atoms with Gasteiger partial charge in [-0.1, -0.05) is 67.3 Å². The predicted molar refractivity (Wildman–Crippen MR) is 132 cm³/mol. The van der Waals surface area contributed by atoms with Crippen LogP contribution in [0, 0.1) is 0 Å². The number of benzene rings is 2. The Morgan fingerprint density at radius 2 is 1.81 bits per heavy atom. The third-order valence-electron chi connectivity index (χ3n) is 7.00. The minimum atomic E-state index is -3.69. The number of alkyl halides is 2. The molecule has 188 valence electrons. The molecule has 0 bridgehead atoms. The molecule has 0 aromatic heterocycles. The summed E-state index contributed by atoms with van der Waals surface area (Å²) in [5, 5.41) is 3.24. The third kappa shape index (κ3) is 4.93. The van der Waals surface area contributed by atoms with E-state index in [4.69, 9.17) is 4.74 Å². The van der Waals surface area contributed by atoms with Crippen LogP contribution in [0.5, 0.6) is 11.5 Å². The lowest BCUT2D eigenvalue weighted by atomic mass is 9.89. The Balaban J connectivity index is 1.34. The van der Waals surface area contributed by atoms with Gasteiger partial charge in [0.05, 0.1) is 17.6 Å². The zero-order valence-corrected chi connectivity index (χ0v) is 20.1. The zero-order chi connectivity index (χ0) is 25.3. The zero-order valence-electron chi connectivity index (χ0n) is 20.1. The van der Waals surface area contributed by atoms with Gasteiger partial charge in [-0.25, -0.2) is 0 Å². The Hall–Kier alpha value is -3.45. The van der Waals surface area contributed by atoms with E-state index >= 15 is 0 Å². The smallest absolute Gasteiger partial charge is 0.395 e. The summed E-state index contributed by atoms with van der Waals surface area (Å²) in [6.07, 6.45) is 6.10. The maximum Gasteiger partial charge on any atom is 0.586 e. The summed E-state index contributed by atoms with van der Waals surface area (Å²) >= 11 is 0. The van der Waals surface area contributed by atoms with Crippen LogP contribution in [0.15, 0.2) is 85.0 Å². The number of ether oxygens (including phenoxy) is 3. The van der Waals surface area contributed by atoms with Crippen molar-refractivity contribution in [1.29, 1.82) is 0 Å². The molecule has 0 radical (unpaired) electrons. The lowest BCUT2D eigenvalue weighted by molar-refractivity contribution is -0.286. The molecular weight excluding hydrogens is 464 g/mol. The molecule has 5 nitrogen and oxygen atoms in total. The number of carbonyl (C=O) groups is 1. The number of rotatable bonds is 7. The average molecular weight is 494 g/mol. The van der Waals surface area contributed by atoms with Gasteiger partial charge in [0.1, 0.15) is 0 Å². The highest BCUT2D eigenvalue weighted by molar-refractivity contribution is 5.91. The van der Waals surface area contributed by atoms with Crippen LogP contribution in [0.4, 0.5) is 8.78 Å². The normalized spacial score (nSPS) is 25.7. The molecule has 2 aromatic carbocycles. The molecule has 1 aliphatic carbocycles. The number of carbonyl (C=O) groups excluding carboxylic acids is 1. The summed E-state index contributed by atoms with van der Waals surface area (Å²) in [5.74, 6) is -0.181. The molecule has 3 aliphatic rings. The molecule has 0 spiro atoms. The van der Waals surface area contributed by atoms with Gasteiger partial charge in [0.25, 0.3) is 0 Å². The van der Waals surface area contributed by atoms with E-state index in [1.165, 1.54) is 12.1 Å². The van der Waals surface area contributed by atoms with Crippen molar-refractivity contribution in [3.8, 4) is 11.5 Å². The van der Waals surface area contributed by atoms with E-state index in [1.807, 2.05) is 61.6 Å². The molecule has 2 aliphatic heterocycles. The minimum absolute atomic E-state index is 0.0255. The first kappa shape index (κ1) is 24.3. The second kappa shape index (κ2) is 9.54. The number of hydrogen-bond donors (Lipinski definition) is 1. The van der Waals surface area contributed by atoms with Crippen molar-refractivity contribution in [2.24, 2.45) is 0 Å². The Labute approximate surface area is 209 Å². The fraction of sp³-hybridized carbons (Fsp3) is 0.345. The highest BCUT2D eigenvalue weighted by Gasteiger charge is 2.53. The van der Waals surface area contributed by atoms with E-state index in [2.05, 4.69) is 21.4 Å². The molecule has 1 saturated carbocycles. The lowest BCUT2D eigenvalue weighted by Crippen LogP contribution is -2.46. The molecule has 7 heteroatoms. The third-order valence-corrected chi connectivity index (χ3v) is 7.00. The van der Waals surface area contributed by atoms with Crippen molar-refractivity contribution < 1.29 is 27.8 Å². The van der Waals surface area contributed by atoms with Gasteiger partial charge in [0.15, 0.2) is 11.5 Å². The minimum Gasteiger partial charge on any atom is -0.395 e. The van der Waals surface area contributed by atoms with E-state index in [0.29, 0.717) is 31.2 Å². The number of allylic oxidation sites excluding steroid dienone is 3. The molecule has 2 fully saturated rings. The van der Waals surface area contributed by atoms with Crippen LogP contribution in [0.2, 0.25) is 0 Å². The second-order valence-corrected chi connectivity index (χ2v) is 9.54. The maximum absolute atomic E-state index is 13.5. The monoisotopic (exact) mass is 493 g/mol. The quantitative estimate of drug-likeness (QED) is 0.471. The summed E-state index contributed by atoms with van der Waals surface area (Å²) in [6, 6.07) is 14.4. The summed E-state index contributed by atoms with van der Waals surface area (Å²) in [5.41, 5.74) is 1.78. The van der Waals surface area contributed by atoms with Gasteiger partial charge in [0.2, 0.25) is 5.91 Å². The summed E-state index contributed by atoms with van der Waals surface area (Å²) in [4.78, 5) is 13.5. The van der Waals surface area contributed by atoms with E-state index in [9.17, 15) is 13.6 Å². The van der Waals surface area contributed by atoms with E-state index in [1.54, 1.807) is 6.07 Å². The number of nitrogens with one attached hydrogen (secondary N) is 1. The van der Waals surface area contributed by atoms with E-state index in [-0.39, 0.29) is 35.7 Å². The van der Waals surface area contributed by atoms with Crippen LogP contribution >= 0.6 is 0 Å². The first-order valence-electron chi connectivity index (χ1n) is 12.2. The van der Waals surface area contributed by atoms with Gasteiger partial charge in [-0.2, -0.15) is 0 Å². The average Bonchev–Trinajstić information content (AvgIpc) is 3.61. The topological polar surface area (TPSA) is 56.8 Å². The van der Waals surface area contributed by atoms with E-state index < -0.39 is 11.7 Å². The molecule has 0 unspecified atom stereocenters. The van der Waals surface area contributed by atoms with Crippen LogP contribution in [-0.2, 0) is 14.9 Å². The van der Waals surface area contributed by atoms with Crippen molar-refractivity contribution in [3.63, 3.8) is 0 Å². The van der Waals surface area contributed by atoms with Crippen molar-refractivity contribution >= 4 is 5.91 Å². The van der Waals surface area contributed by atoms with Crippen LogP contribution in [0.25, 0.3) is 0 Å². The molecule has 36 heavy (non-hydrogen) atoms. The van der Waals surface area contributed by atoms with Crippen LogP contribution in [0.3, 0.4) is 0 Å². The van der Waals surface area contributed by atoms with Gasteiger partial charge >= 0.3 is 6.29 Å². The number of fused-ring (bicyclic) bond motifs is 1. The highest BCUT2D eigenvalue weighted by atomic mass is 19.3. The molecule has 5 rings (SSSR count). The van der Waals surface area contributed by atoms with Crippen molar-refractivity contribution in [2.75, 3.05) is 0 Å². The fourth-order valence-electron chi connectivity index (χ4n) is 4.90. The summed E-state index contributed by atoms with van der Waals surface area (Å²) in [6.45, 7) is 6.15. The van der Waals surface area contributed by atoms with E-state index in [0.717, 1.165) is 11.1 Å². The molecule has 2 heterocycles. The largest absolute Gasteiger partial charge is 0.586 e. The first-order valence-corrected chi connectivity index (χ1v) is 12.2. The van der Waals surface area contributed by atoms with Crippen LogP contribution < -0.4 is 14.8 Å². The SMILES string of the molecule is C=C(/C=C\C=C/C)[C@H]1C[C@@H](NC(=O)C2(c3ccc4c(c3)OC(F)(F)O4)CC2)C[C@@H](c2ccccc2)O1. The van der Waals surface area contributed by atoms with Crippen molar-refractivity contribution in [2.45, 2.75) is 62.6 Å². The Morgan fingerprint density at radius 3 is 2.53 bits per heavy atom. The van der Waals surface area contributed by atoms with Gasteiger partial charge in [-0.15, -0.1) is 8.78 Å². The maximum atomic E-state index is 13.5. The molecule has 3 atom stereocenters. The van der Waals surface area contributed by atoms with Gasteiger partial charge in [0, 0.05) is 6.04 Å². The standard InChI is InChI=1S/C29H29F2NO4/c1-3-4-6-9-19(2)24-17-22(18-25(34-24)20-10-7-5-8-11-20)32-27(33)28(14-15-28)21-12-13-23-26(16-21)36-29(30,31)35-23/h3-13,16,22,24-25H,2,14-15,17-18H2,1H3,(H,32,33)/b4-3-,9-6-/t22-,24-,25+/m1/s1. The molecule has 1 amide bonds. The number of halogens is 2. The number of amides is 1. The molecule has 2 aromatic rings. The van der Waals surface area contributed by atoms with Crippen LogP contribution in [-0.4, -0.2) is 24.3 Å². The Morgan fingerprint density at radius 1 is 1.06 bits per heavy atom. The van der Waals surface area contributed by atoms with Gasteiger partial charge < -0.3 is 19.5 Å². The van der Waals surface area contributed by atoms with Crippen molar-refractivity contribution in [1.82, 2.24) is 5.32 Å². The fourth-order valence-corrected chi connectivity index (χ4v) is 4.90. The second-order valence-electron chi connectivity index (χ2n) is 9.54. The van der Waals surface area contributed by atoms with Gasteiger partial charge in [-0.3, -0.25) is 4.79 Å². The van der Waals surface area contributed by atoms with Crippen molar-refractivity contribution in [3.05, 3.63) is 96.1 Å². The lowest BCUT2D eigenvalue weighted by Gasteiger charge is -2.37. The molecule has 1 N–H and O–H groups in total. The summed E-state index contributed by atoms with van der Waals surface area (Å²) < 4.78 is 42.5. The number of hydrogen-bond acceptors (Lipinski definition) is 4. The summed E-state index contributed by atoms with van der Waals surface area (Å²) in [7, 11) is 0. The predicted octanol–water partition coefficient (Wildman–Crippen LogP) is 6.13. The Kier molecular flexibility index (Phi) is 6.43.